The van der Waals surface area contributed by atoms with Gasteiger partial charge in [-0.3, -0.25) is 4.72 Å². The van der Waals surface area contributed by atoms with Crippen molar-refractivity contribution in [2.45, 2.75) is 25.7 Å². The SMILES string of the molecule is CCOC(=O)c1ccc(S(=O)(=O)Nc2ccc(N(CC)CC)cc2)cc1. The second kappa shape index (κ2) is 8.71. The number of nitrogens with one attached hydrogen (secondary N) is 1. The lowest BCUT2D eigenvalue weighted by Gasteiger charge is -2.21. The molecule has 0 spiro atoms. The van der Waals surface area contributed by atoms with Crippen molar-refractivity contribution in [2.24, 2.45) is 0 Å². The summed E-state index contributed by atoms with van der Waals surface area (Å²) in [4.78, 5) is 13.9. The van der Waals surface area contributed by atoms with Crippen molar-refractivity contribution in [1.82, 2.24) is 0 Å². The Bertz CT molecular complexity index is 827. The number of sulfonamides is 1. The molecule has 0 radical (unpaired) electrons. The van der Waals surface area contributed by atoms with Gasteiger partial charge in [0, 0.05) is 24.5 Å². The molecule has 0 aliphatic rings. The molecule has 140 valence electrons. The van der Waals surface area contributed by atoms with Crippen LogP contribution in [-0.2, 0) is 14.8 Å². The molecule has 0 aliphatic carbocycles. The van der Waals surface area contributed by atoms with Crippen molar-refractivity contribution in [3.8, 4) is 0 Å². The molecule has 2 aromatic carbocycles. The summed E-state index contributed by atoms with van der Waals surface area (Å²) < 4.78 is 32.4. The van der Waals surface area contributed by atoms with Crippen LogP contribution in [0.4, 0.5) is 11.4 Å². The number of nitrogens with zero attached hydrogens (tertiary/aromatic N) is 1. The lowest BCUT2D eigenvalue weighted by molar-refractivity contribution is 0.0526. The van der Waals surface area contributed by atoms with E-state index in [0.29, 0.717) is 11.3 Å². The highest BCUT2D eigenvalue weighted by Gasteiger charge is 2.16. The number of carbonyl (C=O) groups excluding carboxylic acids is 1. The molecule has 26 heavy (non-hydrogen) atoms. The summed E-state index contributed by atoms with van der Waals surface area (Å²) in [5, 5.41) is 0. The van der Waals surface area contributed by atoms with E-state index in [1.165, 1.54) is 24.3 Å². The van der Waals surface area contributed by atoms with Crippen LogP contribution in [0.3, 0.4) is 0 Å². The molecule has 6 nitrogen and oxygen atoms in total. The summed E-state index contributed by atoms with van der Waals surface area (Å²) in [5.41, 5.74) is 1.83. The van der Waals surface area contributed by atoms with Crippen molar-refractivity contribution in [3.05, 3.63) is 54.1 Å². The first kappa shape index (κ1) is 19.8. The first-order chi connectivity index (χ1) is 12.4. The number of esters is 1. The van der Waals surface area contributed by atoms with Crippen molar-refractivity contribution in [1.29, 1.82) is 0 Å². The minimum absolute atomic E-state index is 0.0818. The van der Waals surface area contributed by atoms with Gasteiger partial charge in [-0.15, -0.1) is 0 Å². The Hall–Kier alpha value is -2.54. The molecule has 2 rings (SSSR count). The smallest absolute Gasteiger partial charge is 0.338 e. The number of benzene rings is 2. The Kier molecular flexibility index (Phi) is 6.63. The summed E-state index contributed by atoms with van der Waals surface area (Å²) in [5.74, 6) is -0.476. The zero-order chi connectivity index (χ0) is 19.2. The third-order valence-corrected chi connectivity index (χ3v) is 5.32. The molecule has 7 heteroatoms. The van der Waals surface area contributed by atoms with Crippen LogP contribution >= 0.6 is 0 Å². The molecule has 0 unspecified atom stereocenters. The predicted molar refractivity (Wildman–Crippen MR) is 103 cm³/mol. The normalized spacial score (nSPS) is 11.0. The van der Waals surface area contributed by atoms with E-state index in [1.807, 2.05) is 12.1 Å². The number of rotatable bonds is 8. The monoisotopic (exact) mass is 376 g/mol. The maximum absolute atomic E-state index is 12.5. The number of hydrogen-bond donors (Lipinski definition) is 1. The molecule has 0 fully saturated rings. The van der Waals surface area contributed by atoms with Crippen LogP contribution in [0.15, 0.2) is 53.4 Å². The van der Waals surface area contributed by atoms with E-state index < -0.39 is 16.0 Å². The fraction of sp³-hybridized carbons (Fsp3) is 0.316. The standard InChI is InChI=1S/C19H24N2O4S/c1-4-21(5-2)17-11-9-16(10-12-17)20-26(23,24)18-13-7-15(8-14-18)19(22)25-6-3/h7-14,20H,4-6H2,1-3H3. The molecule has 1 N–H and O–H groups in total. The van der Waals surface area contributed by atoms with Gasteiger partial charge < -0.3 is 9.64 Å². The highest BCUT2D eigenvalue weighted by Crippen LogP contribution is 2.21. The van der Waals surface area contributed by atoms with Crippen LogP contribution in [-0.4, -0.2) is 34.1 Å². The molecule has 0 saturated heterocycles. The molecule has 0 amide bonds. The minimum atomic E-state index is -3.73. The van der Waals surface area contributed by atoms with Crippen LogP contribution in [0, 0.1) is 0 Å². The quantitative estimate of drug-likeness (QED) is 0.714. The van der Waals surface area contributed by atoms with Crippen molar-refractivity contribution < 1.29 is 17.9 Å². The van der Waals surface area contributed by atoms with E-state index in [4.69, 9.17) is 4.74 Å². The van der Waals surface area contributed by atoms with Gasteiger partial charge in [0.15, 0.2) is 0 Å². The highest BCUT2D eigenvalue weighted by molar-refractivity contribution is 7.92. The van der Waals surface area contributed by atoms with Crippen molar-refractivity contribution >= 4 is 27.4 Å². The summed E-state index contributed by atoms with van der Waals surface area (Å²) in [6, 6.07) is 12.9. The maximum atomic E-state index is 12.5. The Labute approximate surface area is 154 Å². The fourth-order valence-electron chi connectivity index (χ4n) is 2.53. The average molecular weight is 376 g/mol. The van der Waals surface area contributed by atoms with Crippen molar-refractivity contribution in [3.63, 3.8) is 0 Å². The third-order valence-electron chi connectivity index (χ3n) is 3.92. The van der Waals surface area contributed by atoms with E-state index >= 15 is 0 Å². The summed E-state index contributed by atoms with van der Waals surface area (Å²) in [7, 11) is -3.73. The second-order valence-electron chi connectivity index (χ2n) is 5.57. The Morgan fingerprint density at radius 1 is 0.962 bits per heavy atom. The van der Waals surface area contributed by atoms with Gasteiger partial charge in [-0.05, 0) is 69.3 Å². The molecule has 0 saturated carbocycles. The van der Waals surface area contributed by atoms with Gasteiger partial charge >= 0.3 is 5.97 Å². The maximum Gasteiger partial charge on any atom is 0.338 e. The predicted octanol–water partition coefficient (Wildman–Crippen LogP) is 3.51. The van der Waals surface area contributed by atoms with Crippen LogP contribution in [0.5, 0.6) is 0 Å². The molecule has 0 atom stereocenters. The van der Waals surface area contributed by atoms with Crippen LogP contribution in [0.25, 0.3) is 0 Å². The topological polar surface area (TPSA) is 75.7 Å². The molecule has 2 aromatic rings. The summed E-state index contributed by atoms with van der Waals surface area (Å²) in [6.45, 7) is 7.89. The van der Waals surface area contributed by atoms with Crippen molar-refractivity contribution in [2.75, 3.05) is 29.3 Å². The average Bonchev–Trinajstić information content (AvgIpc) is 2.64. The third kappa shape index (κ3) is 4.76. The van der Waals surface area contributed by atoms with E-state index in [9.17, 15) is 13.2 Å². The molecule has 0 bridgehead atoms. The molecule has 0 aromatic heterocycles. The van der Waals surface area contributed by atoms with Gasteiger partial charge in [0.05, 0.1) is 17.1 Å². The van der Waals surface area contributed by atoms with Gasteiger partial charge in [0.25, 0.3) is 10.0 Å². The molecule has 0 heterocycles. The number of anilines is 2. The largest absolute Gasteiger partial charge is 0.462 e. The Morgan fingerprint density at radius 3 is 2.04 bits per heavy atom. The lowest BCUT2D eigenvalue weighted by Crippen LogP contribution is -2.21. The van der Waals surface area contributed by atoms with E-state index in [2.05, 4.69) is 23.5 Å². The van der Waals surface area contributed by atoms with Gasteiger partial charge in [0.2, 0.25) is 0 Å². The summed E-state index contributed by atoms with van der Waals surface area (Å²) in [6.07, 6.45) is 0. The van der Waals surface area contributed by atoms with Gasteiger partial charge in [-0.25, -0.2) is 13.2 Å². The van der Waals surface area contributed by atoms with E-state index in [-0.39, 0.29) is 11.5 Å². The number of carbonyl (C=O) groups is 1. The van der Waals surface area contributed by atoms with Gasteiger partial charge in [-0.2, -0.15) is 0 Å². The molecular formula is C19H24N2O4S. The van der Waals surface area contributed by atoms with Crippen LogP contribution in [0.2, 0.25) is 0 Å². The first-order valence-corrected chi connectivity index (χ1v) is 10.0. The zero-order valence-electron chi connectivity index (χ0n) is 15.2. The van der Waals surface area contributed by atoms with Crippen LogP contribution in [0.1, 0.15) is 31.1 Å². The number of hydrogen-bond acceptors (Lipinski definition) is 5. The Morgan fingerprint density at radius 2 is 1.54 bits per heavy atom. The molecule has 0 aliphatic heterocycles. The molecular weight excluding hydrogens is 352 g/mol. The lowest BCUT2D eigenvalue weighted by atomic mass is 10.2. The second-order valence-corrected chi connectivity index (χ2v) is 7.25. The zero-order valence-corrected chi connectivity index (χ0v) is 16.0. The minimum Gasteiger partial charge on any atom is -0.462 e. The van der Waals surface area contributed by atoms with E-state index in [1.54, 1.807) is 19.1 Å². The number of ether oxygens (including phenoxy) is 1. The Balaban J connectivity index is 2.14. The highest BCUT2D eigenvalue weighted by atomic mass is 32.2. The fourth-order valence-corrected chi connectivity index (χ4v) is 3.59. The van der Waals surface area contributed by atoms with Gasteiger partial charge in [-0.1, -0.05) is 0 Å². The van der Waals surface area contributed by atoms with Gasteiger partial charge in [0.1, 0.15) is 0 Å². The van der Waals surface area contributed by atoms with Crippen LogP contribution < -0.4 is 9.62 Å². The first-order valence-electron chi connectivity index (χ1n) is 8.56. The summed E-state index contributed by atoms with van der Waals surface area (Å²) >= 11 is 0. The van der Waals surface area contributed by atoms with E-state index in [0.717, 1.165) is 18.8 Å².